The highest BCUT2D eigenvalue weighted by Gasteiger charge is 2.05. The zero-order valence-corrected chi connectivity index (χ0v) is 14.4. The minimum atomic E-state index is -0.283. The first kappa shape index (κ1) is 18.1. The number of rotatable bonds is 8. The van der Waals surface area contributed by atoms with E-state index in [1.54, 1.807) is 39.5 Å². The van der Waals surface area contributed by atoms with Crippen molar-refractivity contribution in [3.05, 3.63) is 48.0 Å². The third-order valence-corrected chi connectivity index (χ3v) is 3.38. The molecule has 132 valence electrons. The fourth-order valence-electron chi connectivity index (χ4n) is 2.10. The van der Waals surface area contributed by atoms with Crippen LogP contribution in [0.2, 0.25) is 0 Å². The van der Waals surface area contributed by atoms with Gasteiger partial charge in [0, 0.05) is 11.6 Å². The van der Waals surface area contributed by atoms with Gasteiger partial charge in [-0.2, -0.15) is 5.10 Å². The molecule has 2 N–H and O–H groups in total. The molecular weight excluding hydrogens is 322 g/mol. The number of hydrogen-bond acceptors (Lipinski definition) is 6. The van der Waals surface area contributed by atoms with Crippen LogP contribution in [0.5, 0.6) is 17.2 Å². The summed E-state index contributed by atoms with van der Waals surface area (Å²) in [5, 5.41) is 6.94. The van der Waals surface area contributed by atoms with Gasteiger partial charge in [0.25, 0.3) is 5.91 Å². The molecule has 0 atom stereocenters. The molecule has 25 heavy (non-hydrogen) atoms. The first-order valence-electron chi connectivity index (χ1n) is 7.58. The van der Waals surface area contributed by atoms with Crippen LogP contribution in [-0.4, -0.2) is 40.0 Å². The van der Waals surface area contributed by atoms with Gasteiger partial charge >= 0.3 is 0 Å². The SMILES string of the molecule is COc1ccc(/C=N\NC(=O)CNc2ccccc2OC)c(OC)c1. The normalized spacial score (nSPS) is 10.4. The Bertz CT molecular complexity index is 747. The molecule has 2 aromatic rings. The first-order chi connectivity index (χ1) is 12.2. The fourth-order valence-corrected chi connectivity index (χ4v) is 2.10. The van der Waals surface area contributed by atoms with Crippen molar-refractivity contribution in [2.24, 2.45) is 5.10 Å². The van der Waals surface area contributed by atoms with E-state index < -0.39 is 0 Å². The number of carbonyl (C=O) groups is 1. The Hall–Kier alpha value is -3.22. The van der Waals surface area contributed by atoms with Gasteiger partial charge in [0.15, 0.2) is 0 Å². The summed E-state index contributed by atoms with van der Waals surface area (Å²) in [5.41, 5.74) is 3.92. The number of hydrazone groups is 1. The Morgan fingerprint density at radius 2 is 1.80 bits per heavy atom. The average Bonchev–Trinajstić information content (AvgIpc) is 2.66. The molecule has 0 aliphatic rings. The molecule has 7 nitrogen and oxygen atoms in total. The molecular formula is C18H21N3O4. The van der Waals surface area contributed by atoms with Gasteiger partial charge in [0.05, 0.1) is 39.8 Å². The van der Waals surface area contributed by atoms with E-state index in [1.807, 2.05) is 24.3 Å². The highest BCUT2D eigenvalue weighted by molar-refractivity contribution is 5.86. The number of benzene rings is 2. The molecule has 0 fully saturated rings. The van der Waals surface area contributed by atoms with Crippen molar-refractivity contribution >= 4 is 17.8 Å². The highest BCUT2D eigenvalue weighted by Crippen LogP contribution is 2.23. The summed E-state index contributed by atoms with van der Waals surface area (Å²) in [6.45, 7) is 0.0669. The standard InChI is InChI=1S/C18H21N3O4/c1-23-14-9-8-13(17(10-14)25-3)11-20-21-18(22)12-19-15-6-4-5-7-16(15)24-2/h4-11,19H,12H2,1-3H3,(H,21,22)/b20-11-. The lowest BCUT2D eigenvalue weighted by Gasteiger charge is -2.10. The van der Waals surface area contributed by atoms with Crippen LogP contribution in [0.4, 0.5) is 5.69 Å². The van der Waals surface area contributed by atoms with Crippen molar-refractivity contribution in [2.45, 2.75) is 0 Å². The van der Waals surface area contributed by atoms with Crippen molar-refractivity contribution in [1.82, 2.24) is 5.43 Å². The lowest BCUT2D eigenvalue weighted by molar-refractivity contribution is -0.119. The summed E-state index contributed by atoms with van der Waals surface area (Å²) >= 11 is 0. The van der Waals surface area contributed by atoms with E-state index in [0.717, 1.165) is 11.3 Å². The van der Waals surface area contributed by atoms with Gasteiger partial charge < -0.3 is 19.5 Å². The molecule has 0 bridgehead atoms. The average molecular weight is 343 g/mol. The van der Waals surface area contributed by atoms with Crippen LogP contribution in [0.1, 0.15) is 5.56 Å². The Kier molecular flexibility index (Phi) is 6.65. The van der Waals surface area contributed by atoms with E-state index in [2.05, 4.69) is 15.8 Å². The van der Waals surface area contributed by atoms with Crippen LogP contribution in [0.15, 0.2) is 47.6 Å². The van der Waals surface area contributed by atoms with E-state index >= 15 is 0 Å². The molecule has 0 aliphatic carbocycles. The molecule has 0 unspecified atom stereocenters. The minimum Gasteiger partial charge on any atom is -0.497 e. The molecule has 2 rings (SSSR count). The van der Waals surface area contributed by atoms with E-state index in [1.165, 1.54) is 6.21 Å². The summed E-state index contributed by atoms with van der Waals surface area (Å²) in [5.74, 6) is 1.67. The quantitative estimate of drug-likeness (QED) is 0.568. The number of ether oxygens (including phenoxy) is 3. The number of methoxy groups -OCH3 is 3. The monoisotopic (exact) mass is 343 g/mol. The lowest BCUT2D eigenvalue weighted by atomic mass is 10.2. The van der Waals surface area contributed by atoms with Crippen molar-refractivity contribution in [3.63, 3.8) is 0 Å². The summed E-state index contributed by atoms with van der Waals surface area (Å²) < 4.78 is 15.6. The van der Waals surface area contributed by atoms with Gasteiger partial charge in [-0.3, -0.25) is 4.79 Å². The summed E-state index contributed by atoms with van der Waals surface area (Å²) in [6.07, 6.45) is 1.51. The molecule has 0 aromatic heterocycles. The number of para-hydroxylation sites is 2. The van der Waals surface area contributed by atoms with Crippen LogP contribution in [0.3, 0.4) is 0 Å². The smallest absolute Gasteiger partial charge is 0.259 e. The molecule has 1 amide bonds. The van der Waals surface area contributed by atoms with E-state index in [-0.39, 0.29) is 12.5 Å². The Balaban J connectivity index is 1.90. The van der Waals surface area contributed by atoms with Crippen LogP contribution in [-0.2, 0) is 4.79 Å². The second kappa shape index (κ2) is 9.17. The minimum absolute atomic E-state index is 0.0669. The van der Waals surface area contributed by atoms with E-state index in [0.29, 0.717) is 17.2 Å². The van der Waals surface area contributed by atoms with Gasteiger partial charge in [-0.15, -0.1) is 0 Å². The summed E-state index contributed by atoms with van der Waals surface area (Å²) in [6, 6.07) is 12.7. The van der Waals surface area contributed by atoms with Crippen LogP contribution in [0, 0.1) is 0 Å². The van der Waals surface area contributed by atoms with Gasteiger partial charge in [0.1, 0.15) is 17.2 Å². The fraction of sp³-hybridized carbons (Fsp3) is 0.222. The topological polar surface area (TPSA) is 81.2 Å². The molecule has 0 heterocycles. The molecule has 0 aliphatic heterocycles. The zero-order valence-electron chi connectivity index (χ0n) is 14.4. The van der Waals surface area contributed by atoms with E-state index in [9.17, 15) is 4.79 Å². The van der Waals surface area contributed by atoms with Crippen LogP contribution in [0.25, 0.3) is 0 Å². The van der Waals surface area contributed by atoms with Crippen LogP contribution < -0.4 is 25.0 Å². The number of anilines is 1. The van der Waals surface area contributed by atoms with Gasteiger partial charge in [-0.1, -0.05) is 12.1 Å². The Labute approximate surface area is 146 Å². The van der Waals surface area contributed by atoms with Crippen molar-refractivity contribution in [2.75, 3.05) is 33.2 Å². The maximum absolute atomic E-state index is 11.9. The third kappa shape index (κ3) is 5.13. The number of amides is 1. The Morgan fingerprint density at radius 3 is 2.52 bits per heavy atom. The van der Waals surface area contributed by atoms with Crippen molar-refractivity contribution in [1.29, 1.82) is 0 Å². The predicted molar refractivity (Wildman–Crippen MR) is 96.8 cm³/mol. The number of nitrogens with one attached hydrogen (secondary N) is 2. The number of nitrogens with zero attached hydrogens (tertiary/aromatic N) is 1. The predicted octanol–water partition coefficient (Wildman–Crippen LogP) is 2.27. The maximum atomic E-state index is 11.9. The van der Waals surface area contributed by atoms with Gasteiger partial charge in [-0.25, -0.2) is 5.43 Å². The molecule has 0 saturated heterocycles. The molecule has 0 spiro atoms. The lowest BCUT2D eigenvalue weighted by Crippen LogP contribution is -2.26. The van der Waals surface area contributed by atoms with Gasteiger partial charge in [0.2, 0.25) is 0 Å². The number of carbonyl (C=O) groups excluding carboxylic acids is 1. The molecule has 0 saturated carbocycles. The highest BCUT2D eigenvalue weighted by atomic mass is 16.5. The largest absolute Gasteiger partial charge is 0.497 e. The maximum Gasteiger partial charge on any atom is 0.259 e. The summed E-state index contributed by atoms with van der Waals surface area (Å²) in [7, 11) is 4.71. The molecule has 0 radical (unpaired) electrons. The van der Waals surface area contributed by atoms with Crippen molar-refractivity contribution < 1.29 is 19.0 Å². The van der Waals surface area contributed by atoms with Crippen LogP contribution >= 0.6 is 0 Å². The van der Waals surface area contributed by atoms with Gasteiger partial charge in [-0.05, 0) is 24.3 Å². The molecule has 2 aromatic carbocycles. The second-order valence-electron chi connectivity index (χ2n) is 4.95. The summed E-state index contributed by atoms with van der Waals surface area (Å²) in [4.78, 5) is 11.9. The number of hydrogen-bond donors (Lipinski definition) is 2. The third-order valence-electron chi connectivity index (χ3n) is 3.38. The molecule has 7 heteroatoms. The zero-order chi connectivity index (χ0) is 18.1. The Morgan fingerprint density at radius 1 is 1.04 bits per heavy atom. The van der Waals surface area contributed by atoms with E-state index in [4.69, 9.17) is 14.2 Å². The second-order valence-corrected chi connectivity index (χ2v) is 4.95. The first-order valence-corrected chi connectivity index (χ1v) is 7.58. The van der Waals surface area contributed by atoms with Crippen molar-refractivity contribution in [3.8, 4) is 17.2 Å².